The Balaban J connectivity index is 1.98. The zero-order valence-corrected chi connectivity index (χ0v) is 8.47. The van der Waals surface area contributed by atoms with Gasteiger partial charge in [0.1, 0.15) is 0 Å². The van der Waals surface area contributed by atoms with Crippen LogP contribution in [0, 0.1) is 6.92 Å². The van der Waals surface area contributed by atoms with Gasteiger partial charge in [-0.25, -0.2) is 0 Å². The van der Waals surface area contributed by atoms with Gasteiger partial charge in [-0.2, -0.15) is 0 Å². The van der Waals surface area contributed by atoms with Gasteiger partial charge in [-0.05, 0) is 37.0 Å². The average molecular weight is 197 g/mol. The summed E-state index contributed by atoms with van der Waals surface area (Å²) in [5.74, 6) is 0. The van der Waals surface area contributed by atoms with Gasteiger partial charge in [-0.3, -0.25) is 0 Å². The number of hydrogen-bond donors (Lipinski definition) is 0. The third kappa shape index (κ3) is 2.45. The van der Waals surface area contributed by atoms with Crippen LogP contribution in [0.1, 0.15) is 17.5 Å². The van der Waals surface area contributed by atoms with Gasteiger partial charge in [0.25, 0.3) is 0 Å². The van der Waals surface area contributed by atoms with Gasteiger partial charge in [0.05, 0.1) is 12.7 Å². The Bertz CT molecular complexity index is 305. The molecule has 1 unspecified atom stereocenters. The van der Waals surface area contributed by atoms with Crippen LogP contribution in [0.5, 0.6) is 0 Å². The second-order valence-electron chi connectivity index (χ2n) is 3.58. The van der Waals surface area contributed by atoms with Crippen molar-refractivity contribution in [2.24, 2.45) is 0 Å². The zero-order chi connectivity index (χ0) is 9.26. The van der Waals surface area contributed by atoms with Crippen LogP contribution in [0.3, 0.4) is 0 Å². The molecule has 1 saturated heterocycles. The third-order valence-corrected chi connectivity index (χ3v) is 2.80. The van der Waals surface area contributed by atoms with E-state index in [2.05, 4.69) is 12.1 Å². The Labute approximate surface area is 83.7 Å². The molecular formula is C11H13ClO. The number of halogens is 1. The molecule has 0 saturated carbocycles. The fourth-order valence-corrected chi connectivity index (χ4v) is 1.54. The smallest absolute Gasteiger partial charge is 0.0813 e. The molecule has 0 spiro atoms. The molecule has 0 aromatic heterocycles. The van der Waals surface area contributed by atoms with E-state index in [-0.39, 0.29) is 0 Å². The van der Waals surface area contributed by atoms with Crippen molar-refractivity contribution < 1.29 is 4.74 Å². The summed E-state index contributed by atoms with van der Waals surface area (Å²) < 4.78 is 5.16. The standard InChI is InChI=1S/C11H13ClO/c1-8-6-9(3-5-11(8)12)2-4-10-7-13-10/h3,5-6,10H,2,4,7H2,1H3. The molecule has 0 radical (unpaired) electrons. The normalized spacial score (nSPS) is 20.3. The Hall–Kier alpha value is -0.530. The van der Waals surface area contributed by atoms with Crippen LogP contribution in [0.15, 0.2) is 18.2 Å². The minimum absolute atomic E-state index is 0.524. The van der Waals surface area contributed by atoms with Crippen LogP contribution >= 0.6 is 11.6 Å². The maximum Gasteiger partial charge on any atom is 0.0813 e. The number of epoxide rings is 1. The van der Waals surface area contributed by atoms with Crippen LogP contribution in [0.4, 0.5) is 0 Å². The summed E-state index contributed by atoms with van der Waals surface area (Å²) >= 11 is 5.93. The van der Waals surface area contributed by atoms with Crippen LogP contribution in [0.25, 0.3) is 0 Å². The highest BCUT2D eigenvalue weighted by atomic mass is 35.5. The first-order valence-corrected chi connectivity index (χ1v) is 5.00. The Kier molecular flexibility index (Phi) is 2.56. The van der Waals surface area contributed by atoms with Gasteiger partial charge < -0.3 is 4.74 Å². The number of aryl methyl sites for hydroxylation is 2. The molecule has 0 amide bonds. The monoisotopic (exact) mass is 196 g/mol. The minimum atomic E-state index is 0.524. The van der Waals surface area contributed by atoms with Crippen molar-refractivity contribution in [2.45, 2.75) is 25.9 Å². The lowest BCUT2D eigenvalue weighted by Crippen LogP contribution is -1.91. The Morgan fingerprint density at radius 2 is 2.31 bits per heavy atom. The Morgan fingerprint density at radius 3 is 2.92 bits per heavy atom. The predicted octanol–water partition coefficient (Wildman–Crippen LogP) is 2.98. The van der Waals surface area contributed by atoms with E-state index in [0.717, 1.165) is 30.0 Å². The van der Waals surface area contributed by atoms with Gasteiger partial charge in [0.15, 0.2) is 0 Å². The summed E-state index contributed by atoms with van der Waals surface area (Å²) in [5.41, 5.74) is 2.52. The summed E-state index contributed by atoms with van der Waals surface area (Å²) in [6.07, 6.45) is 2.76. The molecule has 13 heavy (non-hydrogen) atoms. The first-order chi connectivity index (χ1) is 6.25. The fourth-order valence-electron chi connectivity index (χ4n) is 1.42. The maximum atomic E-state index is 5.93. The average Bonchev–Trinajstić information content (AvgIpc) is 2.91. The van der Waals surface area contributed by atoms with Crippen molar-refractivity contribution >= 4 is 11.6 Å². The quantitative estimate of drug-likeness (QED) is 0.678. The van der Waals surface area contributed by atoms with E-state index in [9.17, 15) is 0 Å². The van der Waals surface area contributed by atoms with Crippen LogP contribution in [-0.2, 0) is 11.2 Å². The lowest BCUT2D eigenvalue weighted by molar-refractivity contribution is 0.397. The molecule has 1 heterocycles. The molecular weight excluding hydrogens is 184 g/mol. The van der Waals surface area contributed by atoms with E-state index in [0.29, 0.717) is 6.10 Å². The molecule has 0 aliphatic carbocycles. The number of ether oxygens (including phenoxy) is 1. The largest absolute Gasteiger partial charge is 0.373 e. The van der Waals surface area contributed by atoms with E-state index >= 15 is 0 Å². The molecule has 1 nitrogen and oxygen atoms in total. The first kappa shape index (κ1) is 9.04. The minimum Gasteiger partial charge on any atom is -0.373 e. The molecule has 70 valence electrons. The van der Waals surface area contributed by atoms with E-state index in [4.69, 9.17) is 16.3 Å². The predicted molar refractivity (Wildman–Crippen MR) is 54.3 cm³/mol. The van der Waals surface area contributed by atoms with Gasteiger partial charge in [0.2, 0.25) is 0 Å². The van der Waals surface area contributed by atoms with Crippen molar-refractivity contribution in [1.29, 1.82) is 0 Å². The molecule has 2 rings (SSSR count). The molecule has 0 N–H and O–H groups in total. The molecule has 1 aromatic carbocycles. The molecule has 0 bridgehead atoms. The SMILES string of the molecule is Cc1cc(CCC2CO2)ccc1Cl. The molecule has 1 fully saturated rings. The first-order valence-electron chi connectivity index (χ1n) is 4.62. The number of rotatable bonds is 3. The highest BCUT2D eigenvalue weighted by Gasteiger charge is 2.21. The van der Waals surface area contributed by atoms with E-state index in [1.54, 1.807) is 0 Å². The van der Waals surface area contributed by atoms with Crippen LogP contribution in [-0.4, -0.2) is 12.7 Å². The third-order valence-electron chi connectivity index (χ3n) is 2.38. The van der Waals surface area contributed by atoms with Gasteiger partial charge in [-0.15, -0.1) is 0 Å². The maximum absolute atomic E-state index is 5.93. The lowest BCUT2D eigenvalue weighted by Gasteiger charge is -2.02. The highest BCUT2D eigenvalue weighted by molar-refractivity contribution is 6.31. The highest BCUT2D eigenvalue weighted by Crippen LogP contribution is 2.20. The van der Waals surface area contributed by atoms with Crippen LogP contribution in [0.2, 0.25) is 5.02 Å². The summed E-state index contributed by atoms with van der Waals surface area (Å²) in [7, 11) is 0. The topological polar surface area (TPSA) is 12.5 Å². The molecule has 1 atom stereocenters. The molecule has 1 aliphatic heterocycles. The second kappa shape index (κ2) is 3.69. The van der Waals surface area contributed by atoms with Crippen molar-refractivity contribution in [3.8, 4) is 0 Å². The fraction of sp³-hybridized carbons (Fsp3) is 0.455. The van der Waals surface area contributed by atoms with E-state index < -0.39 is 0 Å². The van der Waals surface area contributed by atoms with Crippen LogP contribution < -0.4 is 0 Å². The zero-order valence-electron chi connectivity index (χ0n) is 7.72. The summed E-state index contributed by atoms with van der Waals surface area (Å²) in [5, 5.41) is 0.853. The van der Waals surface area contributed by atoms with Crippen molar-refractivity contribution in [3.05, 3.63) is 34.3 Å². The summed E-state index contributed by atoms with van der Waals surface area (Å²) in [4.78, 5) is 0. The van der Waals surface area contributed by atoms with Crippen molar-refractivity contribution in [3.63, 3.8) is 0 Å². The molecule has 2 heteroatoms. The van der Waals surface area contributed by atoms with Crippen molar-refractivity contribution in [1.82, 2.24) is 0 Å². The van der Waals surface area contributed by atoms with E-state index in [1.165, 1.54) is 5.56 Å². The van der Waals surface area contributed by atoms with Gasteiger partial charge in [0, 0.05) is 5.02 Å². The number of benzene rings is 1. The summed E-state index contributed by atoms with van der Waals surface area (Å²) in [6.45, 7) is 2.99. The summed E-state index contributed by atoms with van der Waals surface area (Å²) in [6, 6.07) is 6.22. The van der Waals surface area contributed by atoms with E-state index in [1.807, 2.05) is 13.0 Å². The van der Waals surface area contributed by atoms with Crippen molar-refractivity contribution in [2.75, 3.05) is 6.61 Å². The number of hydrogen-bond acceptors (Lipinski definition) is 1. The lowest BCUT2D eigenvalue weighted by atomic mass is 10.1. The molecule has 1 aliphatic rings. The molecule has 1 aromatic rings. The Morgan fingerprint density at radius 1 is 1.54 bits per heavy atom. The second-order valence-corrected chi connectivity index (χ2v) is 3.98. The van der Waals surface area contributed by atoms with Gasteiger partial charge >= 0.3 is 0 Å². The van der Waals surface area contributed by atoms with Gasteiger partial charge in [-0.1, -0.05) is 23.7 Å².